The number of hydrogen-bond donors (Lipinski definition) is 0. The van der Waals surface area contributed by atoms with Gasteiger partial charge in [-0.2, -0.15) is 0 Å². The molecule has 3 nitrogen and oxygen atoms in total. The predicted molar refractivity (Wildman–Crippen MR) is 86.2 cm³/mol. The van der Waals surface area contributed by atoms with Crippen LogP contribution in [0.1, 0.15) is 20.3 Å². The van der Waals surface area contributed by atoms with Crippen LogP contribution in [0.2, 0.25) is 45.3 Å². The number of rotatable bonds is 9. The van der Waals surface area contributed by atoms with Gasteiger partial charge >= 0.3 is 8.56 Å². The van der Waals surface area contributed by atoms with E-state index in [1.165, 1.54) is 12.5 Å². The van der Waals surface area contributed by atoms with Gasteiger partial charge in [0.2, 0.25) is 8.32 Å². The Morgan fingerprint density at radius 1 is 0.778 bits per heavy atom. The molecule has 0 amide bonds. The normalized spacial score (nSPS) is 14.0. The van der Waals surface area contributed by atoms with Crippen molar-refractivity contribution >= 4 is 25.2 Å². The topological polar surface area (TPSA) is 27.7 Å². The van der Waals surface area contributed by atoms with E-state index in [4.69, 9.17) is 13.0 Å². The van der Waals surface area contributed by atoms with E-state index in [1.807, 2.05) is 6.92 Å². The first-order valence-electron chi connectivity index (χ1n) is 7.02. The lowest BCUT2D eigenvalue weighted by atomic mass is 10.6. The Balaban J connectivity index is 4.45. The highest BCUT2D eigenvalue weighted by atomic mass is 28.5. The second-order valence-corrected chi connectivity index (χ2v) is 18.8. The molecule has 0 saturated carbocycles. The van der Waals surface area contributed by atoms with E-state index in [0.29, 0.717) is 0 Å². The zero-order valence-electron chi connectivity index (χ0n) is 13.6. The maximum atomic E-state index is 6.42. The van der Waals surface area contributed by atoms with Gasteiger partial charge in [-0.1, -0.05) is 13.3 Å². The van der Waals surface area contributed by atoms with Crippen LogP contribution in [0.3, 0.4) is 0 Å². The molecule has 0 aliphatic carbocycles. The predicted octanol–water partition coefficient (Wildman–Crippen LogP) is 4.12. The van der Waals surface area contributed by atoms with E-state index in [9.17, 15) is 0 Å². The van der Waals surface area contributed by atoms with E-state index in [0.717, 1.165) is 12.8 Å². The van der Waals surface area contributed by atoms with Crippen molar-refractivity contribution in [2.75, 3.05) is 12.8 Å². The Morgan fingerprint density at radius 3 is 1.72 bits per heavy atom. The summed E-state index contributed by atoms with van der Waals surface area (Å²) in [6.07, 6.45) is 1.96. The van der Waals surface area contributed by atoms with Crippen molar-refractivity contribution in [3.8, 4) is 0 Å². The highest BCUT2D eigenvalue weighted by molar-refractivity contribution is 6.87. The molecule has 0 fully saturated rings. The van der Waals surface area contributed by atoms with Crippen LogP contribution in [0.4, 0.5) is 0 Å². The summed E-state index contributed by atoms with van der Waals surface area (Å²) in [7, 11) is -5.32. The molecule has 0 aliphatic rings. The molecule has 110 valence electrons. The SMILES string of the molecule is CCC[Si](C)(C)O[Si](C)(C)O[Si](C)(C)COCC. The molecule has 18 heavy (non-hydrogen) atoms. The largest absolute Gasteiger partial charge is 0.437 e. The summed E-state index contributed by atoms with van der Waals surface area (Å²) in [5, 5.41) is 0. The van der Waals surface area contributed by atoms with Crippen LogP contribution in [0.5, 0.6) is 0 Å². The Morgan fingerprint density at radius 2 is 1.28 bits per heavy atom. The number of ether oxygens (including phenoxy) is 1. The highest BCUT2D eigenvalue weighted by Gasteiger charge is 2.39. The second-order valence-electron chi connectivity index (χ2n) is 6.51. The third kappa shape index (κ3) is 8.60. The van der Waals surface area contributed by atoms with Crippen LogP contribution in [0.25, 0.3) is 0 Å². The van der Waals surface area contributed by atoms with Crippen molar-refractivity contribution in [2.24, 2.45) is 0 Å². The first-order valence-corrected chi connectivity index (χ1v) is 16.1. The zero-order valence-corrected chi connectivity index (χ0v) is 16.6. The van der Waals surface area contributed by atoms with Gasteiger partial charge in [-0.25, -0.2) is 0 Å². The molecular weight excluding hydrogens is 276 g/mol. The van der Waals surface area contributed by atoms with Crippen molar-refractivity contribution in [2.45, 2.75) is 65.6 Å². The average Bonchev–Trinajstić information content (AvgIpc) is 2.10. The fourth-order valence-electron chi connectivity index (χ4n) is 2.38. The first-order chi connectivity index (χ1) is 8.04. The molecule has 0 spiro atoms. The molecule has 0 rings (SSSR count). The summed E-state index contributed by atoms with van der Waals surface area (Å²) in [5.74, 6) is 0. The summed E-state index contributed by atoms with van der Waals surface area (Å²) in [5.41, 5.74) is 0. The van der Waals surface area contributed by atoms with Crippen molar-refractivity contribution < 1.29 is 13.0 Å². The third-order valence-corrected chi connectivity index (χ3v) is 13.5. The van der Waals surface area contributed by atoms with E-state index in [-0.39, 0.29) is 0 Å². The maximum absolute atomic E-state index is 6.42. The average molecular weight is 309 g/mol. The van der Waals surface area contributed by atoms with Crippen LogP contribution in [-0.4, -0.2) is 38.0 Å². The molecule has 0 N–H and O–H groups in total. The van der Waals surface area contributed by atoms with Gasteiger partial charge in [0.15, 0.2) is 8.32 Å². The van der Waals surface area contributed by atoms with Gasteiger partial charge < -0.3 is 13.0 Å². The van der Waals surface area contributed by atoms with Crippen LogP contribution >= 0.6 is 0 Å². The minimum atomic E-state index is -2.02. The van der Waals surface area contributed by atoms with Crippen molar-refractivity contribution in [3.63, 3.8) is 0 Å². The first kappa shape index (κ1) is 18.5. The van der Waals surface area contributed by atoms with E-state index < -0.39 is 25.2 Å². The van der Waals surface area contributed by atoms with Crippen LogP contribution in [-0.2, 0) is 13.0 Å². The van der Waals surface area contributed by atoms with Crippen LogP contribution in [0.15, 0.2) is 0 Å². The van der Waals surface area contributed by atoms with Gasteiger partial charge in [-0.05, 0) is 52.2 Å². The summed E-state index contributed by atoms with van der Waals surface area (Å²) >= 11 is 0. The monoisotopic (exact) mass is 308 g/mol. The minimum absolute atomic E-state index is 0.763. The fraction of sp³-hybridized carbons (Fsp3) is 1.00. The lowest BCUT2D eigenvalue weighted by Gasteiger charge is -2.38. The minimum Gasteiger partial charge on any atom is -0.437 e. The highest BCUT2D eigenvalue weighted by Crippen LogP contribution is 2.23. The molecule has 0 aromatic rings. The Hall–Kier alpha value is 0.531. The number of hydrogen-bond acceptors (Lipinski definition) is 3. The van der Waals surface area contributed by atoms with Crippen LogP contribution < -0.4 is 0 Å². The smallest absolute Gasteiger partial charge is 0.311 e. The van der Waals surface area contributed by atoms with Crippen LogP contribution in [0, 0.1) is 0 Å². The zero-order chi connectivity index (χ0) is 14.4. The molecule has 6 heteroatoms. The molecule has 0 unspecified atom stereocenters. The molecular formula is C12H32O3Si3. The Kier molecular flexibility index (Phi) is 7.57. The Bertz CT molecular complexity index is 243. The molecule has 0 atom stereocenters. The summed E-state index contributed by atoms with van der Waals surface area (Å²) in [6.45, 7) is 18.4. The van der Waals surface area contributed by atoms with E-state index >= 15 is 0 Å². The van der Waals surface area contributed by atoms with Gasteiger partial charge in [0.25, 0.3) is 0 Å². The molecule has 0 radical (unpaired) electrons. The van der Waals surface area contributed by atoms with Crippen molar-refractivity contribution in [1.82, 2.24) is 0 Å². The maximum Gasteiger partial charge on any atom is 0.311 e. The lowest BCUT2D eigenvalue weighted by Crippen LogP contribution is -2.54. The van der Waals surface area contributed by atoms with Gasteiger partial charge in [-0.3, -0.25) is 0 Å². The summed E-state index contributed by atoms with van der Waals surface area (Å²) in [6, 6.07) is 1.21. The van der Waals surface area contributed by atoms with Gasteiger partial charge in [0, 0.05) is 6.61 Å². The standard InChI is InChI=1S/C12H32O3Si3/c1-9-11-16(3,4)14-18(7,8)15-17(5,6)12-13-10-2/h9-12H2,1-8H3. The van der Waals surface area contributed by atoms with Gasteiger partial charge in [0.1, 0.15) is 0 Å². The van der Waals surface area contributed by atoms with Gasteiger partial charge in [-0.15, -0.1) is 0 Å². The fourth-order valence-corrected chi connectivity index (χ4v) is 16.1. The van der Waals surface area contributed by atoms with E-state index in [2.05, 4.69) is 46.2 Å². The van der Waals surface area contributed by atoms with Crippen molar-refractivity contribution in [3.05, 3.63) is 0 Å². The second kappa shape index (κ2) is 7.35. The molecule has 0 heterocycles. The summed E-state index contributed by atoms with van der Waals surface area (Å²) in [4.78, 5) is 0. The molecule has 0 bridgehead atoms. The quantitative estimate of drug-likeness (QED) is 0.600. The van der Waals surface area contributed by atoms with E-state index in [1.54, 1.807) is 0 Å². The Labute approximate surface area is 117 Å². The molecule has 0 aromatic heterocycles. The molecule has 0 aliphatic heterocycles. The third-order valence-electron chi connectivity index (χ3n) is 2.55. The summed E-state index contributed by atoms with van der Waals surface area (Å²) < 4.78 is 18.3. The lowest BCUT2D eigenvalue weighted by molar-refractivity contribution is 0.177. The molecule has 0 saturated heterocycles. The molecule has 0 aromatic carbocycles. The van der Waals surface area contributed by atoms with Gasteiger partial charge in [0.05, 0.1) is 6.23 Å². The van der Waals surface area contributed by atoms with Crippen molar-refractivity contribution in [1.29, 1.82) is 0 Å².